The fourth-order valence-corrected chi connectivity index (χ4v) is 1.37. The molecular weight excluding hydrogens is 192 g/mol. The van der Waals surface area contributed by atoms with E-state index >= 15 is 0 Å². The zero-order valence-corrected chi connectivity index (χ0v) is 8.66. The largest absolute Gasteiger partial charge is 0.469 e. The summed E-state index contributed by atoms with van der Waals surface area (Å²) >= 11 is 0. The summed E-state index contributed by atoms with van der Waals surface area (Å²) in [4.78, 5) is 11.3. The number of carbonyl (C=O) groups is 1. The number of nitrogens with one attached hydrogen (secondary N) is 2. The first kappa shape index (κ1) is 10.2. The van der Waals surface area contributed by atoms with Gasteiger partial charge in [0.2, 0.25) is 5.91 Å². The van der Waals surface area contributed by atoms with Crippen LogP contribution in [0.1, 0.15) is 18.6 Å². The molecule has 0 unspecified atom stereocenters. The van der Waals surface area contributed by atoms with Crippen molar-refractivity contribution in [3.05, 3.63) is 24.2 Å². The van der Waals surface area contributed by atoms with E-state index in [0.717, 1.165) is 12.2 Å². The van der Waals surface area contributed by atoms with E-state index < -0.39 is 0 Å². The number of carbonyl (C=O) groups excluding carboxylic acids is 1. The standard InChI is InChI=1S/C11H16N2O2/c14-11(8-13-9-3-4-9)12-6-5-10-2-1-7-15-10/h1-2,7,9,13H,3-6,8H2,(H,12,14). The summed E-state index contributed by atoms with van der Waals surface area (Å²) < 4.78 is 5.16. The average molecular weight is 208 g/mol. The van der Waals surface area contributed by atoms with Crippen LogP contribution in [-0.4, -0.2) is 25.0 Å². The Kier molecular flexibility index (Phi) is 3.40. The Bertz CT molecular complexity index is 304. The molecule has 0 bridgehead atoms. The number of furan rings is 1. The Morgan fingerprint density at radius 1 is 1.53 bits per heavy atom. The van der Waals surface area contributed by atoms with Crippen LogP contribution in [0.2, 0.25) is 0 Å². The minimum Gasteiger partial charge on any atom is -0.469 e. The third-order valence-electron chi connectivity index (χ3n) is 2.40. The van der Waals surface area contributed by atoms with Crippen molar-refractivity contribution < 1.29 is 9.21 Å². The van der Waals surface area contributed by atoms with Crippen molar-refractivity contribution in [1.82, 2.24) is 10.6 Å². The highest BCUT2D eigenvalue weighted by Gasteiger charge is 2.20. The van der Waals surface area contributed by atoms with E-state index in [4.69, 9.17) is 4.42 Å². The zero-order chi connectivity index (χ0) is 10.5. The van der Waals surface area contributed by atoms with Crippen molar-refractivity contribution >= 4 is 5.91 Å². The quantitative estimate of drug-likeness (QED) is 0.723. The van der Waals surface area contributed by atoms with Gasteiger partial charge in [0.15, 0.2) is 0 Å². The highest BCUT2D eigenvalue weighted by Crippen LogP contribution is 2.17. The lowest BCUT2D eigenvalue weighted by Crippen LogP contribution is -2.35. The van der Waals surface area contributed by atoms with Gasteiger partial charge in [-0.1, -0.05) is 0 Å². The third kappa shape index (κ3) is 3.75. The third-order valence-corrected chi connectivity index (χ3v) is 2.40. The highest BCUT2D eigenvalue weighted by atomic mass is 16.3. The SMILES string of the molecule is O=C(CNC1CC1)NCCc1ccco1. The van der Waals surface area contributed by atoms with Crippen LogP contribution in [0.4, 0.5) is 0 Å². The second-order valence-corrected chi connectivity index (χ2v) is 3.83. The van der Waals surface area contributed by atoms with E-state index in [2.05, 4.69) is 10.6 Å². The van der Waals surface area contributed by atoms with Gasteiger partial charge >= 0.3 is 0 Å². The molecule has 1 amide bonds. The summed E-state index contributed by atoms with van der Waals surface area (Å²) in [6, 6.07) is 4.35. The van der Waals surface area contributed by atoms with Gasteiger partial charge in [-0.25, -0.2) is 0 Å². The topological polar surface area (TPSA) is 54.3 Å². The van der Waals surface area contributed by atoms with Gasteiger partial charge in [0.25, 0.3) is 0 Å². The van der Waals surface area contributed by atoms with Crippen LogP contribution < -0.4 is 10.6 Å². The van der Waals surface area contributed by atoms with Gasteiger partial charge in [-0.15, -0.1) is 0 Å². The van der Waals surface area contributed by atoms with E-state index in [0.29, 0.717) is 19.1 Å². The molecule has 1 aromatic rings. The van der Waals surface area contributed by atoms with Gasteiger partial charge in [-0.2, -0.15) is 0 Å². The van der Waals surface area contributed by atoms with Gasteiger partial charge < -0.3 is 15.1 Å². The molecule has 82 valence electrons. The predicted octanol–water partition coefficient (Wildman–Crippen LogP) is 0.690. The molecule has 1 heterocycles. The maximum atomic E-state index is 11.3. The van der Waals surface area contributed by atoms with Crippen molar-refractivity contribution in [2.24, 2.45) is 0 Å². The fraction of sp³-hybridized carbons (Fsp3) is 0.545. The average Bonchev–Trinajstić information content (AvgIpc) is 2.92. The molecule has 1 aliphatic carbocycles. The Balaban J connectivity index is 1.54. The Labute approximate surface area is 89.0 Å². The Morgan fingerprint density at radius 3 is 3.07 bits per heavy atom. The fourth-order valence-electron chi connectivity index (χ4n) is 1.37. The second kappa shape index (κ2) is 4.98. The molecule has 0 spiro atoms. The molecule has 2 rings (SSSR count). The van der Waals surface area contributed by atoms with Crippen LogP contribution >= 0.6 is 0 Å². The first-order valence-corrected chi connectivity index (χ1v) is 5.37. The van der Waals surface area contributed by atoms with Crippen molar-refractivity contribution in [2.75, 3.05) is 13.1 Å². The number of rotatable bonds is 6. The van der Waals surface area contributed by atoms with Gasteiger partial charge in [0.1, 0.15) is 5.76 Å². The monoisotopic (exact) mass is 208 g/mol. The Morgan fingerprint density at radius 2 is 2.40 bits per heavy atom. The lowest BCUT2D eigenvalue weighted by Gasteiger charge is -2.04. The lowest BCUT2D eigenvalue weighted by atomic mass is 10.3. The van der Waals surface area contributed by atoms with Crippen LogP contribution in [-0.2, 0) is 11.2 Å². The molecule has 4 nitrogen and oxygen atoms in total. The molecule has 2 N–H and O–H groups in total. The van der Waals surface area contributed by atoms with Gasteiger partial charge in [-0.3, -0.25) is 4.79 Å². The molecule has 1 aromatic heterocycles. The summed E-state index contributed by atoms with van der Waals surface area (Å²) in [6.07, 6.45) is 4.81. The zero-order valence-electron chi connectivity index (χ0n) is 8.66. The molecule has 15 heavy (non-hydrogen) atoms. The lowest BCUT2D eigenvalue weighted by molar-refractivity contribution is -0.120. The molecule has 1 aliphatic rings. The van der Waals surface area contributed by atoms with Crippen LogP contribution in [0.3, 0.4) is 0 Å². The van der Waals surface area contributed by atoms with E-state index in [-0.39, 0.29) is 5.91 Å². The molecule has 0 radical (unpaired) electrons. The number of hydrogen-bond donors (Lipinski definition) is 2. The minimum absolute atomic E-state index is 0.0634. The molecule has 1 fully saturated rings. The first-order chi connectivity index (χ1) is 7.34. The molecule has 0 saturated heterocycles. The van der Waals surface area contributed by atoms with Crippen LogP contribution in [0.15, 0.2) is 22.8 Å². The summed E-state index contributed by atoms with van der Waals surface area (Å²) in [7, 11) is 0. The van der Waals surface area contributed by atoms with Gasteiger partial charge in [0, 0.05) is 19.0 Å². The summed E-state index contributed by atoms with van der Waals surface area (Å²) in [5, 5.41) is 6.01. The normalized spacial score (nSPS) is 15.2. The van der Waals surface area contributed by atoms with Crippen LogP contribution in [0.5, 0.6) is 0 Å². The Hall–Kier alpha value is -1.29. The van der Waals surface area contributed by atoms with Crippen LogP contribution in [0.25, 0.3) is 0 Å². The summed E-state index contributed by atoms with van der Waals surface area (Å²) in [6.45, 7) is 1.07. The van der Waals surface area contributed by atoms with E-state index in [1.807, 2.05) is 12.1 Å². The summed E-state index contributed by atoms with van der Waals surface area (Å²) in [5.74, 6) is 0.971. The van der Waals surface area contributed by atoms with E-state index in [1.165, 1.54) is 12.8 Å². The predicted molar refractivity (Wildman–Crippen MR) is 56.4 cm³/mol. The van der Waals surface area contributed by atoms with Crippen molar-refractivity contribution in [3.63, 3.8) is 0 Å². The second-order valence-electron chi connectivity index (χ2n) is 3.83. The number of amides is 1. The molecule has 1 saturated carbocycles. The van der Waals surface area contributed by atoms with E-state index in [9.17, 15) is 4.79 Å². The summed E-state index contributed by atoms with van der Waals surface area (Å²) in [5.41, 5.74) is 0. The minimum atomic E-state index is 0.0634. The first-order valence-electron chi connectivity index (χ1n) is 5.37. The molecule has 0 aliphatic heterocycles. The van der Waals surface area contributed by atoms with Crippen molar-refractivity contribution in [1.29, 1.82) is 0 Å². The molecular formula is C11H16N2O2. The van der Waals surface area contributed by atoms with Crippen molar-refractivity contribution in [3.8, 4) is 0 Å². The van der Waals surface area contributed by atoms with Gasteiger partial charge in [-0.05, 0) is 25.0 Å². The molecule has 4 heteroatoms. The van der Waals surface area contributed by atoms with Crippen LogP contribution in [0, 0.1) is 0 Å². The van der Waals surface area contributed by atoms with Gasteiger partial charge in [0.05, 0.1) is 12.8 Å². The molecule has 0 atom stereocenters. The highest BCUT2D eigenvalue weighted by molar-refractivity contribution is 5.78. The maximum absolute atomic E-state index is 11.3. The van der Waals surface area contributed by atoms with Crippen molar-refractivity contribution in [2.45, 2.75) is 25.3 Å². The maximum Gasteiger partial charge on any atom is 0.233 e. The van der Waals surface area contributed by atoms with E-state index in [1.54, 1.807) is 6.26 Å². The smallest absolute Gasteiger partial charge is 0.233 e. The number of hydrogen-bond acceptors (Lipinski definition) is 3. The molecule has 0 aromatic carbocycles.